The van der Waals surface area contributed by atoms with Gasteiger partial charge in [0, 0.05) is 21.8 Å². The molecule has 2 aromatic heterocycles. The molecule has 0 unspecified atom stereocenters. The summed E-state index contributed by atoms with van der Waals surface area (Å²) in [6, 6.07) is 7.77. The molecular weight excluding hydrogens is 305 g/mol. The first kappa shape index (κ1) is 13.1. The third kappa shape index (κ3) is 1.95. The molecule has 3 aromatic rings. The molecule has 1 aromatic carbocycles. The molecule has 0 fully saturated rings. The molecule has 0 aliphatic heterocycles. The van der Waals surface area contributed by atoms with Crippen molar-refractivity contribution in [2.24, 2.45) is 0 Å². The zero-order chi connectivity index (χ0) is 14.6. The molecule has 0 saturated heterocycles. The van der Waals surface area contributed by atoms with Gasteiger partial charge in [0.05, 0.1) is 5.69 Å². The maximum Gasteiger partial charge on any atom is 0.165 e. The number of benzene rings is 1. The molecule has 21 heavy (non-hydrogen) atoms. The summed E-state index contributed by atoms with van der Waals surface area (Å²) >= 11 is 12.6. The van der Waals surface area contributed by atoms with Gasteiger partial charge in [-0.05, 0) is 43.9 Å². The average Bonchev–Trinajstić information content (AvgIpc) is 3.03. The highest BCUT2D eigenvalue weighted by molar-refractivity contribution is 6.31. The van der Waals surface area contributed by atoms with E-state index in [1.165, 1.54) is 0 Å². The first-order valence-electron chi connectivity index (χ1n) is 6.97. The van der Waals surface area contributed by atoms with Gasteiger partial charge in [0.25, 0.3) is 0 Å². The lowest BCUT2D eigenvalue weighted by atomic mass is 10.1. The fraction of sp³-hybridized carbons (Fsp3) is 0.250. The van der Waals surface area contributed by atoms with Crippen LogP contribution >= 0.6 is 23.2 Å². The minimum absolute atomic E-state index is 0.698. The van der Waals surface area contributed by atoms with E-state index in [-0.39, 0.29) is 0 Å². The van der Waals surface area contributed by atoms with E-state index in [4.69, 9.17) is 28.2 Å². The number of hydrogen-bond acceptors (Lipinski definition) is 2. The number of aryl methyl sites for hydroxylation is 2. The Morgan fingerprint density at radius 3 is 2.86 bits per heavy atom. The molecule has 0 N–H and O–H groups in total. The molecule has 0 amide bonds. The zero-order valence-electron chi connectivity index (χ0n) is 11.5. The molecule has 0 saturated carbocycles. The number of halogens is 2. The number of hydrogen-bond donors (Lipinski definition) is 0. The van der Waals surface area contributed by atoms with E-state index < -0.39 is 0 Å². The largest absolute Gasteiger partial charge is 0.233 e. The summed E-state index contributed by atoms with van der Waals surface area (Å²) in [6.45, 7) is 1.98. The Morgan fingerprint density at radius 1 is 1.19 bits per heavy atom. The van der Waals surface area contributed by atoms with Gasteiger partial charge in [-0.3, -0.25) is 0 Å². The van der Waals surface area contributed by atoms with Crippen LogP contribution in [0.5, 0.6) is 0 Å². The standard InChI is InChI=1S/C16H13Cl2N3/c1-9-14(10-4-2-5-11(17)8-10)16-19-13-7-3-6-12(13)15(18)21(16)20-9/h2,4-5,8H,3,6-7H2,1H3. The van der Waals surface area contributed by atoms with Gasteiger partial charge in [-0.25, -0.2) is 9.50 Å². The summed E-state index contributed by atoms with van der Waals surface area (Å²) in [5, 5.41) is 5.98. The van der Waals surface area contributed by atoms with Crippen LogP contribution in [0.1, 0.15) is 23.4 Å². The van der Waals surface area contributed by atoms with Crippen molar-refractivity contribution >= 4 is 28.8 Å². The molecule has 1 aliphatic carbocycles. The van der Waals surface area contributed by atoms with Crippen LogP contribution < -0.4 is 0 Å². The zero-order valence-corrected chi connectivity index (χ0v) is 13.0. The van der Waals surface area contributed by atoms with Gasteiger partial charge in [0.15, 0.2) is 5.65 Å². The van der Waals surface area contributed by atoms with Gasteiger partial charge >= 0.3 is 0 Å². The Bertz CT molecular complexity index is 868. The van der Waals surface area contributed by atoms with Crippen LogP contribution in [0.25, 0.3) is 16.8 Å². The second-order valence-electron chi connectivity index (χ2n) is 5.39. The van der Waals surface area contributed by atoms with Crippen molar-refractivity contribution in [2.75, 3.05) is 0 Å². The molecule has 3 nitrogen and oxygen atoms in total. The highest BCUT2D eigenvalue weighted by Crippen LogP contribution is 2.34. The third-order valence-electron chi connectivity index (χ3n) is 4.01. The molecule has 0 spiro atoms. The van der Waals surface area contributed by atoms with Crippen LogP contribution in [-0.2, 0) is 12.8 Å². The van der Waals surface area contributed by atoms with Crippen molar-refractivity contribution < 1.29 is 0 Å². The summed E-state index contributed by atoms with van der Waals surface area (Å²) in [7, 11) is 0. The maximum atomic E-state index is 6.53. The van der Waals surface area contributed by atoms with E-state index in [0.29, 0.717) is 10.2 Å². The van der Waals surface area contributed by atoms with Crippen molar-refractivity contribution in [1.29, 1.82) is 0 Å². The van der Waals surface area contributed by atoms with Crippen molar-refractivity contribution in [3.05, 3.63) is 51.4 Å². The van der Waals surface area contributed by atoms with Crippen LogP contribution in [0.15, 0.2) is 24.3 Å². The molecule has 106 valence electrons. The number of nitrogens with zero attached hydrogens (tertiary/aromatic N) is 3. The van der Waals surface area contributed by atoms with Gasteiger partial charge in [0.1, 0.15) is 5.15 Å². The van der Waals surface area contributed by atoms with E-state index in [9.17, 15) is 0 Å². The lowest BCUT2D eigenvalue weighted by molar-refractivity contribution is 0.896. The van der Waals surface area contributed by atoms with Crippen LogP contribution in [-0.4, -0.2) is 14.6 Å². The SMILES string of the molecule is Cc1nn2c(Cl)c3c(nc2c1-c1cccc(Cl)c1)CCC3. The summed E-state index contributed by atoms with van der Waals surface area (Å²) < 4.78 is 1.76. The minimum Gasteiger partial charge on any atom is -0.233 e. The van der Waals surface area contributed by atoms with E-state index in [1.807, 2.05) is 31.2 Å². The molecule has 0 radical (unpaired) electrons. The van der Waals surface area contributed by atoms with E-state index in [2.05, 4.69) is 5.10 Å². The molecule has 5 heteroatoms. The van der Waals surface area contributed by atoms with Crippen molar-refractivity contribution in [3.8, 4) is 11.1 Å². The maximum absolute atomic E-state index is 6.53. The quantitative estimate of drug-likeness (QED) is 0.618. The lowest BCUT2D eigenvalue weighted by Gasteiger charge is -2.06. The van der Waals surface area contributed by atoms with Gasteiger partial charge in [-0.15, -0.1) is 0 Å². The first-order valence-corrected chi connectivity index (χ1v) is 7.73. The average molecular weight is 318 g/mol. The Morgan fingerprint density at radius 2 is 2.05 bits per heavy atom. The summed E-state index contributed by atoms with van der Waals surface area (Å²) in [5.74, 6) is 0. The summed E-state index contributed by atoms with van der Waals surface area (Å²) in [6.07, 6.45) is 3.09. The number of rotatable bonds is 1. The third-order valence-corrected chi connectivity index (χ3v) is 4.64. The number of fused-ring (bicyclic) bond motifs is 2. The van der Waals surface area contributed by atoms with Crippen LogP contribution in [0, 0.1) is 6.92 Å². The Balaban J connectivity index is 2.06. The van der Waals surface area contributed by atoms with E-state index in [1.54, 1.807) is 4.52 Å². The Kier molecular flexibility index (Phi) is 2.95. The normalized spacial score (nSPS) is 13.9. The predicted molar refractivity (Wildman–Crippen MR) is 85.2 cm³/mol. The summed E-state index contributed by atoms with van der Waals surface area (Å²) in [4.78, 5) is 4.82. The number of aromatic nitrogens is 3. The minimum atomic E-state index is 0.698. The first-order chi connectivity index (χ1) is 10.1. The molecule has 0 bridgehead atoms. The van der Waals surface area contributed by atoms with E-state index in [0.717, 1.165) is 53.0 Å². The van der Waals surface area contributed by atoms with Gasteiger partial charge in [-0.1, -0.05) is 35.3 Å². The van der Waals surface area contributed by atoms with Crippen LogP contribution in [0.3, 0.4) is 0 Å². The lowest BCUT2D eigenvalue weighted by Crippen LogP contribution is -1.99. The second kappa shape index (κ2) is 4.72. The molecule has 0 atom stereocenters. The van der Waals surface area contributed by atoms with Crippen molar-refractivity contribution in [3.63, 3.8) is 0 Å². The van der Waals surface area contributed by atoms with E-state index >= 15 is 0 Å². The Hall–Kier alpha value is -1.58. The Labute approximate surface area is 132 Å². The smallest absolute Gasteiger partial charge is 0.165 e. The van der Waals surface area contributed by atoms with Crippen molar-refractivity contribution in [1.82, 2.24) is 14.6 Å². The molecule has 1 aliphatic rings. The van der Waals surface area contributed by atoms with Crippen molar-refractivity contribution in [2.45, 2.75) is 26.2 Å². The van der Waals surface area contributed by atoms with Gasteiger partial charge < -0.3 is 0 Å². The monoisotopic (exact) mass is 317 g/mol. The topological polar surface area (TPSA) is 30.2 Å². The molecular formula is C16H13Cl2N3. The highest BCUT2D eigenvalue weighted by Gasteiger charge is 2.22. The van der Waals surface area contributed by atoms with Gasteiger partial charge in [-0.2, -0.15) is 5.10 Å². The van der Waals surface area contributed by atoms with Gasteiger partial charge in [0.2, 0.25) is 0 Å². The summed E-state index contributed by atoms with van der Waals surface area (Å²) in [5.41, 5.74) is 6.02. The second-order valence-corrected chi connectivity index (χ2v) is 6.18. The fourth-order valence-electron chi connectivity index (χ4n) is 3.07. The molecule has 4 rings (SSSR count). The van der Waals surface area contributed by atoms with Crippen LogP contribution in [0.4, 0.5) is 0 Å². The molecule has 2 heterocycles. The predicted octanol–water partition coefficient (Wildman–Crippen LogP) is 4.50. The highest BCUT2D eigenvalue weighted by atomic mass is 35.5. The van der Waals surface area contributed by atoms with Crippen LogP contribution in [0.2, 0.25) is 10.2 Å². The fourth-order valence-corrected chi connectivity index (χ4v) is 3.58.